The lowest BCUT2D eigenvalue weighted by molar-refractivity contribution is 0.249. The van der Waals surface area contributed by atoms with Crippen molar-refractivity contribution in [1.82, 2.24) is 5.32 Å². The number of anilines is 2. The van der Waals surface area contributed by atoms with Gasteiger partial charge in [0.05, 0.1) is 22.9 Å². The molecule has 2 heterocycles. The molecule has 0 aromatic heterocycles. The van der Waals surface area contributed by atoms with E-state index < -0.39 is 9.84 Å². The SMILES string of the molecule is O=C(Nc1ccccc1N1CCCCCC1)NC1CCS(=O)(=O)C1. The zero-order valence-electron chi connectivity index (χ0n) is 13.8. The first-order valence-corrected chi connectivity index (χ1v) is 10.5. The summed E-state index contributed by atoms with van der Waals surface area (Å²) in [4.78, 5) is 14.6. The summed E-state index contributed by atoms with van der Waals surface area (Å²) in [6, 6.07) is 7.18. The van der Waals surface area contributed by atoms with E-state index >= 15 is 0 Å². The van der Waals surface area contributed by atoms with E-state index in [0.29, 0.717) is 6.42 Å². The van der Waals surface area contributed by atoms with Crippen LogP contribution in [0.3, 0.4) is 0 Å². The van der Waals surface area contributed by atoms with Gasteiger partial charge in [0.15, 0.2) is 9.84 Å². The van der Waals surface area contributed by atoms with E-state index in [9.17, 15) is 13.2 Å². The number of nitrogens with zero attached hydrogens (tertiary/aromatic N) is 1. The fourth-order valence-electron chi connectivity index (χ4n) is 3.42. The molecule has 24 heavy (non-hydrogen) atoms. The average Bonchev–Trinajstić information content (AvgIpc) is 2.75. The summed E-state index contributed by atoms with van der Waals surface area (Å²) >= 11 is 0. The zero-order valence-corrected chi connectivity index (χ0v) is 14.6. The van der Waals surface area contributed by atoms with E-state index in [1.807, 2.05) is 24.3 Å². The largest absolute Gasteiger partial charge is 0.370 e. The van der Waals surface area contributed by atoms with Gasteiger partial charge in [-0.1, -0.05) is 25.0 Å². The van der Waals surface area contributed by atoms with E-state index in [0.717, 1.165) is 24.5 Å². The molecule has 132 valence electrons. The predicted octanol–water partition coefficient (Wildman–Crippen LogP) is 2.38. The van der Waals surface area contributed by atoms with Crippen LogP contribution in [0.2, 0.25) is 0 Å². The maximum Gasteiger partial charge on any atom is 0.319 e. The van der Waals surface area contributed by atoms with E-state index in [1.165, 1.54) is 25.7 Å². The fraction of sp³-hybridized carbons (Fsp3) is 0.588. The Bertz CT molecular complexity index is 682. The Balaban J connectivity index is 1.65. The number of sulfone groups is 1. The van der Waals surface area contributed by atoms with E-state index in [1.54, 1.807) is 0 Å². The van der Waals surface area contributed by atoms with Gasteiger partial charge >= 0.3 is 6.03 Å². The number of hydrogen-bond acceptors (Lipinski definition) is 4. The van der Waals surface area contributed by atoms with Gasteiger partial charge in [0.2, 0.25) is 0 Å². The summed E-state index contributed by atoms with van der Waals surface area (Å²) in [5, 5.41) is 5.67. The van der Waals surface area contributed by atoms with Crippen molar-refractivity contribution in [1.29, 1.82) is 0 Å². The molecule has 0 spiro atoms. The molecule has 3 rings (SSSR count). The second-order valence-electron chi connectivity index (χ2n) is 6.62. The molecule has 1 unspecified atom stereocenters. The number of urea groups is 1. The van der Waals surface area contributed by atoms with Gasteiger partial charge in [0, 0.05) is 19.1 Å². The molecule has 2 fully saturated rings. The molecule has 0 radical (unpaired) electrons. The summed E-state index contributed by atoms with van der Waals surface area (Å²) in [6.07, 6.45) is 5.33. The van der Waals surface area contributed by atoms with Crippen molar-refractivity contribution < 1.29 is 13.2 Å². The Morgan fingerprint density at radius 3 is 2.46 bits per heavy atom. The number of amides is 2. The first-order chi connectivity index (χ1) is 11.5. The first-order valence-electron chi connectivity index (χ1n) is 8.65. The Kier molecular flexibility index (Phi) is 5.28. The van der Waals surface area contributed by atoms with Crippen LogP contribution < -0.4 is 15.5 Å². The van der Waals surface area contributed by atoms with Crippen LogP contribution in [0.4, 0.5) is 16.2 Å². The lowest BCUT2D eigenvalue weighted by Gasteiger charge is -2.25. The van der Waals surface area contributed by atoms with E-state index in [2.05, 4.69) is 15.5 Å². The standard InChI is InChI=1S/C17H25N3O3S/c21-17(18-14-9-12-24(22,23)13-14)19-15-7-3-4-8-16(15)20-10-5-1-2-6-11-20/h3-4,7-8,14H,1-2,5-6,9-13H2,(H2,18,19,21). The van der Waals surface area contributed by atoms with Crippen molar-refractivity contribution >= 4 is 27.2 Å². The Hall–Kier alpha value is -1.76. The molecule has 0 bridgehead atoms. The molecule has 2 N–H and O–H groups in total. The minimum Gasteiger partial charge on any atom is -0.370 e. The maximum absolute atomic E-state index is 12.2. The molecule has 0 aliphatic carbocycles. The number of benzene rings is 1. The van der Waals surface area contributed by atoms with Gasteiger partial charge in [-0.3, -0.25) is 0 Å². The van der Waals surface area contributed by atoms with Crippen molar-refractivity contribution in [2.24, 2.45) is 0 Å². The zero-order chi connectivity index (χ0) is 17.0. The van der Waals surface area contributed by atoms with Gasteiger partial charge in [0.1, 0.15) is 0 Å². The molecule has 6 nitrogen and oxygen atoms in total. The van der Waals surface area contributed by atoms with Crippen LogP contribution in [0.5, 0.6) is 0 Å². The van der Waals surface area contributed by atoms with Crippen LogP contribution in [0.15, 0.2) is 24.3 Å². The summed E-state index contributed by atoms with van der Waals surface area (Å²) in [5.41, 5.74) is 1.81. The van der Waals surface area contributed by atoms with Crippen molar-refractivity contribution in [2.75, 3.05) is 34.8 Å². The van der Waals surface area contributed by atoms with Crippen LogP contribution >= 0.6 is 0 Å². The molecule has 1 aromatic carbocycles. The summed E-state index contributed by atoms with van der Waals surface area (Å²) in [5.74, 6) is 0.191. The smallest absolute Gasteiger partial charge is 0.319 e. The lowest BCUT2D eigenvalue weighted by atomic mass is 10.2. The monoisotopic (exact) mass is 351 g/mol. The van der Waals surface area contributed by atoms with Gasteiger partial charge in [0.25, 0.3) is 0 Å². The number of rotatable bonds is 3. The highest BCUT2D eigenvalue weighted by atomic mass is 32.2. The van der Waals surface area contributed by atoms with Crippen molar-refractivity contribution in [3.8, 4) is 0 Å². The third kappa shape index (κ3) is 4.41. The normalized spacial score (nSPS) is 23.5. The molecule has 1 aromatic rings. The minimum absolute atomic E-state index is 0.0359. The number of hydrogen-bond donors (Lipinski definition) is 2. The Morgan fingerprint density at radius 1 is 1.08 bits per heavy atom. The third-order valence-electron chi connectivity index (χ3n) is 4.67. The van der Waals surface area contributed by atoms with Crippen LogP contribution in [-0.4, -0.2) is 45.1 Å². The number of nitrogens with one attached hydrogen (secondary N) is 2. The first kappa shape index (κ1) is 17.1. The fourth-order valence-corrected chi connectivity index (χ4v) is 5.09. The van der Waals surface area contributed by atoms with Crippen molar-refractivity contribution in [3.05, 3.63) is 24.3 Å². The summed E-state index contributed by atoms with van der Waals surface area (Å²) in [7, 11) is -2.99. The maximum atomic E-state index is 12.2. The number of carbonyl (C=O) groups excluding carboxylic acids is 1. The van der Waals surface area contributed by atoms with Crippen LogP contribution in [0.25, 0.3) is 0 Å². The highest BCUT2D eigenvalue weighted by Gasteiger charge is 2.29. The molecule has 7 heteroatoms. The molecule has 2 aliphatic rings. The predicted molar refractivity (Wildman–Crippen MR) is 96.3 cm³/mol. The molecule has 2 saturated heterocycles. The average molecular weight is 351 g/mol. The highest BCUT2D eigenvalue weighted by molar-refractivity contribution is 7.91. The summed E-state index contributed by atoms with van der Waals surface area (Å²) < 4.78 is 23.0. The molecular formula is C17H25N3O3S. The van der Waals surface area contributed by atoms with Gasteiger partial charge < -0.3 is 15.5 Å². The van der Waals surface area contributed by atoms with E-state index in [4.69, 9.17) is 0 Å². The van der Waals surface area contributed by atoms with Crippen LogP contribution in [0.1, 0.15) is 32.1 Å². The molecule has 2 aliphatic heterocycles. The van der Waals surface area contributed by atoms with Gasteiger partial charge in [-0.15, -0.1) is 0 Å². The lowest BCUT2D eigenvalue weighted by Crippen LogP contribution is -2.39. The number of carbonyl (C=O) groups is 1. The van der Waals surface area contributed by atoms with Crippen molar-refractivity contribution in [3.63, 3.8) is 0 Å². The summed E-state index contributed by atoms with van der Waals surface area (Å²) in [6.45, 7) is 2.00. The van der Waals surface area contributed by atoms with E-state index in [-0.39, 0.29) is 23.6 Å². The molecular weight excluding hydrogens is 326 g/mol. The van der Waals surface area contributed by atoms with Gasteiger partial charge in [-0.2, -0.15) is 0 Å². The minimum atomic E-state index is -2.99. The molecule has 2 amide bonds. The van der Waals surface area contributed by atoms with Crippen LogP contribution in [0, 0.1) is 0 Å². The number of para-hydroxylation sites is 2. The Morgan fingerprint density at radius 2 is 1.79 bits per heavy atom. The van der Waals surface area contributed by atoms with Crippen molar-refractivity contribution in [2.45, 2.75) is 38.1 Å². The second-order valence-corrected chi connectivity index (χ2v) is 8.85. The molecule has 0 saturated carbocycles. The second kappa shape index (κ2) is 7.42. The van der Waals surface area contributed by atoms with Gasteiger partial charge in [-0.25, -0.2) is 13.2 Å². The van der Waals surface area contributed by atoms with Crippen LogP contribution in [-0.2, 0) is 9.84 Å². The highest BCUT2D eigenvalue weighted by Crippen LogP contribution is 2.28. The quantitative estimate of drug-likeness (QED) is 0.876. The molecule has 1 atom stereocenters. The third-order valence-corrected chi connectivity index (χ3v) is 6.43. The Labute approximate surface area is 143 Å². The van der Waals surface area contributed by atoms with Gasteiger partial charge in [-0.05, 0) is 31.4 Å². The topological polar surface area (TPSA) is 78.5 Å².